The zero-order valence-electron chi connectivity index (χ0n) is 14.9. The van der Waals surface area contributed by atoms with Crippen molar-refractivity contribution in [1.29, 1.82) is 0 Å². The number of nitrogens with zero attached hydrogens (tertiary/aromatic N) is 1. The average molecular weight is 402 g/mol. The second kappa shape index (κ2) is 7.89. The first-order valence-electron chi connectivity index (χ1n) is 8.28. The molecule has 0 saturated heterocycles. The summed E-state index contributed by atoms with van der Waals surface area (Å²) in [4.78, 5) is 16.9. The quantitative estimate of drug-likeness (QED) is 0.649. The van der Waals surface area contributed by atoms with Gasteiger partial charge in [0.15, 0.2) is 15.0 Å². The highest BCUT2D eigenvalue weighted by Crippen LogP contribution is 2.23. The summed E-state index contributed by atoms with van der Waals surface area (Å²) in [6, 6.07) is 14.1. The smallest absolute Gasteiger partial charge is 0.275 e. The van der Waals surface area contributed by atoms with Crippen molar-refractivity contribution in [2.75, 3.05) is 16.9 Å². The molecule has 1 aromatic heterocycles. The molecule has 0 aliphatic rings. The van der Waals surface area contributed by atoms with Crippen molar-refractivity contribution < 1.29 is 13.2 Å². The van der Waals surface area contributed by atoms with Crippen LogP contribution in [0.1, 0.15) is 23.0 Å². The Morgan fingerprint density at radius 1 is 1.04 bits per heavy atom. The van der Waals surface area contributed by atoms with E-state index in [1.807, 2.05) is 24.3 Å². The summed E-state index contributed by atoms with van der Waals surface area (Å²) in [5, 5.41) is 8.11. The van der Waals surface area contributed by atoms with Gasteiger partial charge in [0.05, 0.1) is 4.90 Å². The molecule has 6 nitrogen and oxygen atoms in total. The Morgan fingerprint density at radius 2 is 1.67 bits per heavy atom. The van der Waals surface area contributed by atoms with Gasteiger partial charge in [-0.1, -0.05) is 19.1 Å². The molecule has 8 heteroatoms. The van der Waals surface area contributed by atoms with E-state index in [9.17, 15) is 13.2 Å². The molecule has 2 aromatic carbocycles. The molecular weight excluding hydrogens is 382 g/mol. The van der Waals surface area contributed by atoms with Gasteiger partial charge in [0, 0.05) is 23.0 Å². The predicted molar refractivity (Wildman–Crippen MR) is 109 cm³/mol. The number of hydrogen-bond acceptors (Lipinski definition) is 6. The van der Waals surface area contributed by atoms with Crippen molar-refractivity contribution in [2.45, 2.75) is 18.2 Å². The van der Waals surface area contributed by atoms with Gasteiger partial charge in [0.25, 0.3) is 5.91 Å². The first kappa shape index (κ1) is 19.1. The number of hydrogen-bond donors (Lipinski definition) is 2. The number of sulfone groups is 1. The number of carbonyl (C=O) groups is 1. The van der Waals surface area contributed by atoms with Crippen LogP contribution in [0, 0.1) is 0 Å². The van der Waals surface area contributed by atoms with E-state index < -0.39 is 9.84 Å². The van der Waals surface area contributed by atoms with Gasteiger partial charge in [-0.2, -0.15) is 0 Å². The monoisotopic (exact) mass is 401 g/mol. The third-order valence-electron chi connectivity index (χ3n) is 3.89. The van der Waals surface area contributed by atoms with E-state index in [0.717, 1.165) is 18.4 Å². The van der Waals surface area contributed by atoms with Crippen molar-refractivity contribution in [3.05, 3.63) is 65.2 Å². The fraction of sp³-hybridized carbons (Fsp3) is 0.158. The minimum Gasteiger partial charge on any atom is -0.332 e. The van der Waals surface area contributed by atoms with Crippen LogP contribution >= 0.6 is 11.3 Å². The molecule has 0 fully saturated rings. The minimum atomic E-state index is -3.23. The van der Waals surface area contributed by atoms with E-state index in [-0.39, 0.29) is 10.8 Å². The number of benzene rings is 2. The van der Waals surface area contributed by atoms with Gasteiger partial charge < -0.3 is 10.6 Å². The molecule has 1 heterocycles. The van der Waals surface area contributed by atoms with Crippen molar-refractivity contribution in [1.82, 2.24) is 4.98 Å². The van der Waals surface area contributed by atoms with Gasteiger partial charge >= 0.3 is 0 Å². The molecule has 0 bridgehead atoms. The highest BCUT2D eigenvalue weighted by atomic mass is 32.2. The molecule has 3 aromatic rings. The van der Waals surface area contributed by atoms with Crippen LogP contribution in [-0.2, 0) is 16.3 Å². The highest BCUT2D eigenvalue weighted by molar-refractivity contribution is 7.90. The molecule has 0 aliphatic heterocycles. The van der Waals surface area contributed by atoms with E-state index in [0.29, 0.717) is 16.5 Å². The molecule has 0 spiro atoms. The number of thiazole rings is 1. The van der Waals surface area contributed by atoms with Crippen LogP contribution in [0.15, 0.2) is 58.8 Å². The molecule has 0 unspecified atom stereocenters. The molecule has 0 radical (unpaired) electrons. The summed E-state index contributed by atoms with van der Waals surface area (Å²) < 4.78 is 23.0. The fourth-order valence-corrected chi connectivity index (χ4v) is 3.70. The Bertz CT molecular complexity index is 1040. The summed E-state index contributed by atoms with van der Waals surface area (Å²) in [6.45, 7) is 2.08. The van der Waals surface area contributed by atoms with Crippen molar-refractivity contribution >= 4 is 43.6 Å². The van der Waals surface area contributed by atoms with Gasteiger partial charge in [-0.05, 0) is 48.4 Å². The standard InChI is InChI=1S/C19H19N3O3S2/c1-3-13-4-6-14(7-5-13)20-18(23)17-12-26-19(22-17)21-15-8-10-16(11-9-15)27(2,24)25/h4-12H,3H2,1-2H3,(H,20,23)(H,21,22). The zero-order valence-corrected chi connectivity index (χ0v) is 16.5. The molecule has 27 heavy (non-hydrogen) atoms. The van der Waals surface area contributed by atoms with Gasteiger partial charge in [0.1, 0.15) is 5.69 Å². The Kier molecular flexibility index (Phi) is 5.57. The Hall–Kier alpha value is -2.71. The van der Waals surface area contributed by atoms with E-state index >= 15 is 0 Å². The molecule has 0 aliphatic carbocycles. The minimum absolute atomic E-state index is 0.251. The van der Waals surface area contributed by atoms with Crippen LogP contribution in [0.5, 0.6) is 0 Å². The molecule has 3 rings (SSSR count). The SMILES string of the molecule is CCc1ccc(NC(=O)c2csc(Nc3ccc(S(C)(=O)=O)cc3)n2)cc1. The van der Waals surface area contributed by atoms with Crippen LogP contribution in [0.2, 0.25) is 0 Å². The summed E-state index contributed by atoms with van der Waals surface area (Å²) in [5.41, 5.74) is 2.93. The molecule has 1 amide bonds. The summed E-state index contributed by atoms with van der Waals surface area (Å²) in [7, 11) is -3.23. The lowest BCUT2D eigenvalue weighted by molar-refractivity contribution is 0.102. The Balaban J connectivity index is 1.66. The largest absolute Gasteiger partial charge is 0.332 e. The van der Waals surface area contributed by atoms with Gasteiger partial charge in [0.2, 0.25) is 0 Å². The number of aryl methyl sites for hydroxylation is 1. The predicted octanol–water partition coefficient (Wildman–Crippen LogP) is 4.10. The van der Waals surface area contributed by atoms with Gasteiger partial charge in [-0.25, -0.2) is 13.4 Å². The maximum Gasteiger partial charge on any atom is 0.275 e. The number of nitrogens with one attached hydrogen (secondary N) is 2. The summed E-state index contributed by atoms with van der Waals surface area (Å²) >= 11 is 1.30. The van der Waals surface area contributed by atoms with E-state index in [4.69, 9.17) is 0 Å². The van der Waals surface area contributed by atoms with Crippen LogP contribution in [0.25, 0.3) is 0 Å². The van der Waals surface area contributed by atoms with Crippen LogP contribution in [-0.4, -0.2) is 25.6 Å². The van der Waals surface area contributed by atoms with Crippen molar-refractivity contribution in [2.24, 2.45) is 0 Å². The highest BCUT2D eigenvalue weighted by Gasteiger charge is 2.12. The lowest BCUT2D eigenvalue weighted by Crippen LogP contribution is -2.12. The number of carbonyl (C=O) groups excluding carboxylic acids is 1. The third kappa shape index (κ3) is 4.93. The van der Waals surface area contributed by atoms with Gasteiger partial charge in [-0.3, -0.25) is 4.79 Å². The fourth-order valence-electron chi connectivity index (χ4n) is 2.36. The molecule has 0 saturated carbocycles. The second-order valence-electron chi connectivity index (χ2n) is 5.96. The van der Waals surface area contributed by atoms with Crippen molar-refractivity contribution in [3.63, 3.8) is 0 Å². The van der Waals surface area contributed by atoms with Crippen molar-refractivity contribution in [3.8, 4) is 0 Å². The Labute approximate surface area is 162 Å². The van der Waals surface area contributed by atoms with Crippen LogP contribution in [0.3, 0.4) is 0 Å². The average Bonchev–Trinajstić information content (AvgIpc) is 3.11. The first-order valence-corrected chi connectivity index (χ1v) is 11.1. The third-order valence-corrected chi connectivity index (χ3v) is 5.78. The van der Waals surface area contributed by atoms with E-state index in [1.165, 1.54) is 29.0 Å². The van der Waals surface area contributed by atoms with Crippen LogP contribution < -0.4 is 10.6 Å². The molecule has 0 atom stereocenters. The maximum absolute atomic E-state index is 12.3. The number of rotatable bonds is 6. The first-order chi connectivity index (χ1) is 12.8. The Morgan fingerprint density at radius 3 is 2.26 bits per heavy atom. The number of amides is 1. The summed E-state index contributed by atoms with van der Waals surface area (Å²) in [6.07, 6.45) is 2.11. The lowest BCUT2D eigenvalue weighted by Gasteiger charge is -2.05. The molecule has 2 N–H and O–H groups in total. The topological polar surface area (TPSA) is 88.2 Å². The number of anilines is 3. The molecule has 140 valence electrons. The van der Waals surface area contributed by atoms with Gasteiger partial charge in [-0.15, -0.1) is 11.3 Å². The number of aromatic nitrogens is 1. The normalized spacial score (nSPS) is 11.2. The summed E-state index contributed by atoms with van der Waals surface area (Å²) in [5.74, 6) is -0.282. The van der Waals surface area contributed by atoms with E-state index in [2.05, 4.69) is 22.5 Å². The second-order valence-corrected chi connectivity index (χ2v) is 8.84. The maximum atomic E-state index is 12.3. The zero-order chi connectivity index (χ0) is 19.4. The van der Waals surface area contributed by atoms with Crippen LogP contribution in [0.4, 0.5) is 16.5 Å². The van der Waals surface area contributed by atoms with E-state index in [1.54, 1.807) is 17.5 Å². The lowest BCUT2D eigenvalue weighted by atomic mass is 10.1. The molecular formula is C19H19N3O3S2.